The van der Waals surface area contributed by atoms with E-state index in [1.807, 2.05) is 53.4 Å². The van der Waals surface area contributed by atoms with Gasteiger partial charge in [0, 0.05) is 37.5 Å². The molecule has 0 N–H and O–H groups in total. The number of para-hydroxylation sites is 1. The zero-order valence-corrected chi connectivity index (χ0v) is 13.8. The fraction of sp³-hybridized carbons (Fsp3) is 0.250. The van der Waals surface area contributed by atoms with Crippen molar-refractivity contribution in [1.82, 2.24) is 14.9 Å². The lowest BCUT2D eigenvalue weighted by atomic mass is 10.1. The van der Waals surface area contributed by atoms with Crippen molar-refractivity contribution in [3.05, 3.63) is 66.6 Å². The number of fused-ring (bicyclic) bond motifs is 1. The maximum absolute atomic E-state index is 12.7. The molecule has 1 aliphatic rings. The molecule has 5 nitrogen and oxygen atoms in total. The van der Waals surface area contributed by atoms with E-state index in [1.54, 1.807) is 12.4 Å². The van der Waals surface area contributed by atoms with E-state index in [0.29, 0.717) is 18.8 Å². The third-order valence-corrected chi connectivity index (χ3v) is 4.48. The summed E-state index contributed by atoms with van der Waals surface area (Å²) in [6.45, 7) is 1.36. The summed E-state index contributed by atoms with van der Waals surface area (Å²) in [5.74, 6) is 0.772. The molecule has 126 valence electrons. The molecule has 3 heterocycles. The molecule has 5 heteroatoms. The number of rotatable bonds is 3. The lowest BCUT2D eigenvalue weighted by molar-refractivity contribution is 0.0590. The van der Waals surface area contributed by atoms with Crippen LogP contribution in [0.3, 0.4) is 0 Å². The van der Waals surface area contributed by atoms with Gasteiger partial charge in [-0.1, -0.05) is 24.3 Å². The summed E-state index contributed by atoms with van der Waals surface area (Å²) < 4.78 is 5.93. The molecule has 1 aliphatic heterocycles. The number of amides is 1. The highest BCUT2D eigenvalue weighted by Crippen LogP contribution is 2.20. The number of hydrogen-bond acceptors (Lipinski definition) is 4. The van der Waals surface area contributed by atoms with Crippen LogP contribution in [0.1, 0.15) is 23.3 Å². The second-order valence-electron chi connectivity index (χ2n) is 6.19. The summed E-state index contributed by atoms with van der Waals surface area (Å²) in [6, 6.07) is 15.4. The minimum atomic E-state index is -0.00872. The van der Waals surface area contributed by atoms with Gasteiger partial charge in [0.1, 0.15) is 17.5 Å². The first-order chi connectivity index (χ1) is 12.3. The van der Waals surface area contributed by atoms with Crippen LogP contribution in [0.5, 0.6) is 5.75 Å². The van der Waals surface area contributed by atoms with Crippen molar-refractivity contribution >= 4 is 16.8 Å². The number of aromatic nitrogens is 2. The zero-order chi connectivity index (χ0) is 17.1. The van der Waals surface area contributed by atoms with Gasteiger partial charge < -0.3 is 9.64 Å². The van der Waals surface area contributed by atoms with Gasteiger partial charge in [0.15, 0.2) is 0 Å². The van der Waals surface area contributed by atoms with Crippen LogP contribution in [0.15, 0.2) is 60.9 Å². The molecule has 0 unspecified atom stereocenters. The van der Waals surface area contributed by atoms with E-state index in [0.717, 1.165) is 29.5 Å². The highest BCUT2D eigenvalue weighted by molar-refractivity contribution is 5.94. The van der Waals surface area contributed by atoms with E-state index in [-0.39, 0.29) is 12.0 Å². The molecule has 25 heavy (non-hydrogen) atoms. The Morgan fingerprint density at radius 3 is 2.68 bits per heavy atom. The van der Waals surface area contributed by atoms with Crippen molar-refractivity contribution in [2.45, 2.75) is 18.9 Å². The fourth-order valence-corrected chi connectivity index (χ4v) is 3.13. The Hall–Kier alpha value is -2.95. The smallest absolute Gasteiger partial charge is 0.272 e. The minimum Gasteiger partial charge on any atom is -0.489 e. The molecular formula is C20H19N3O2. The number of ether oxygens (including phenoxy) is 1. The number of carbonyl (C=O) groups is 1. The van der Waals surface area contributed by atoms with Crippen molar-refractivity contribution < 1.29 is 9.53 Å². The van der Waals surface area contributed by atoms with E-state index in [2.05, 4.69) is 9.97 Å². The SMILES string of the molecule is O=C(c1ccc2ccccc2n1)N1CCC(Oc2cccnc2)CC1. The summed E-state index contributed by atoms with van der Waals surface area (Å²) in [5.41, 5.74) is 1.36. The van der Waals surface area contributed by atoms with Gasteiger partial charge in [-0.05, 0) is 24.3 Å². The normalized spacial score (nSPS) is 15.3. The third-order valence-electron chi connectivity index (χ3n) is 4.48. The van der Waals surface area contributed by atoms with Gasteiger partial charge in [-0.2, -0.15) is 0 Å². The van der Waals surface area contributed by atoms with Crippen LogP contribution in [0.25, 0.3) is 10.9 Å². The van der Waals surface area contributed by atoms with Crippen LogP contribution in [0.2, 0.25) is 0 Å². The maximum atomic E-state index is 12.7. The van der Waals surface area contributed by atoms with Crippen LogP contribution in [-0.2, 0) is 0 Å². The van der Waals surface area contributed by atoms with Crippen molar-refractivity contribution in [2.75, 3.05) is 13.1 Å². The van der Waals surface area contributed by atoms with Gasteiger partial charge in [0.25, 0.3) is 5.91 Å². The van der Waals surface area contributed by atoms with Crippen molar-refractivity contribution in [3.8, 4) is 5.75 Å². The lowest BCUT2D eigenvalue weighted by Gasteiger charge is -2.32. The molecule has 4 rings (SSSR count). The number of nitrogens with zero attached hydrogens (tertiary/aromatic N) is 3. The van der Waals surface area contributed by atoms with Gasteiger partial charge in [-0.3, -0.25) is 9.78 Å². The van der Waals surface area contributed by atoms with E-state index >= 15 is 0 Å². The Morgan fingerprint density at radius 2 is 1.88 bits per heavy atom. The minimum absolute atomic E-state index is 0.00872. The van der Waals surface area contributed by atoms with Gasteiger partial charge in [-0.25, -0.2) is 4.98 Å². The molecule has 3 aromatic rings. The van der Waals surface area contributed by atoms with Gasteiger partial charge in [-0.15, -0.1) is 0 Å². The largest absolute Gasteiger partial charge is 0.489 e. The summed E-state index contributed by atoms with van der Waals surface area (Å²) >= 11 is 0. The summed E-state index contributed by atoms with van der Waals surface area (Å²) in [7, 11) is 0. The first-order valence-electron chi connectivity index (χ1n) is 8.51. The molecule has 0 radical (unpaired) electrons. The van der Waals surface area contributed by atoms with Crippen molar-refractivity contribution in [2.24, 2.45) is 0 Å². The zero-order valence-electron chi connectivity index (χ0n) is 13.8. The number of pyridine rings is 2. The summed E-state index contributed by atoms with van der Waals surface area (Å²) in [5, 5.41) is 1.04. The maximum Gasteiger partial charge on any atom is 0.272 e. The lowest BCUT2D eigenvalue weighted by Crippen LogP contribution is -2.42. The molecule has 0 spiro atoms. The van der Waals surface area contributed by atoms with Crippen molar-refractivity contribution in [3.63, 3.8) is 0 Å². The molecule has 0 saturated carbocycles. The van der Waals surface area contributed by atoms with Crippen LogP contribution in [-0.4, -0.2) is 40.0 Å². The van der Waals surface area contributed by atoms with Crippen LogP contribution in [0.4, 0.5) is 0 Å². The highest BCUT2D eigenvalue weighted by Gasteiger charge is 2.25. The third kappa shape index (κ3) is 3.45. The molecule has 1 amide bonds. The van der Waals surface area contributed by atoms with E-state index in [1.165, 1.54) is 0 Å². The summed E-state index contributed by atoms with van der Waals surface area (Å²) in [6.07, 6.45) is 5.20. The fourth-order valence-electron chi connectivity index (χ4n) is 3.13. The van der Waals surface area contributed by atoms with Crippen molar-refractivity contribution in [1.29, 1.82) is 0 Å². The monoisotopic (exact) mass is 333 g/mol. The van der Waals surface area contributed by atoms with E-state index < -0.39 is 0 Å². The molecule has 1 aromatic carbocycles. The topological polar surface area (TPSA) is 55.3 Å². The first kappa shape index (κ1) is 15.6. The molecule has 1 fully saturated rings. The quantitative estimate of drug-likeness (QED) is 0.738. The molecular weight excluding hydrogens is 314 g/mol. The first-order valence-corrected chi connectivity index (χ1v) is 8.51. The average molecular weight is 333 g/mol. The van der Waals surface area contributed by atoms with Crippen LogP contribution in [0, 0.1) is 0 Å². The number of benzene rings is 1. The second-order valence-corrected chi connectivity index (χ2v) is 6.19. The van der Waals surface area contributed by atoms with E-state index in [9.17, 15) is 4.79 Å². The Morgan fingerprint density at radius 1 is 1.04 bits per heavy atom. The Kier molecular flexibility index (Phi) is 4.29. The summed E-state index contributed by atoms with van der Waals surface area (Å²) in [4.78, 5) is 23.1. The molecule has 2 aromatic heterocycles. The molecule has 1 saturated heterocycles. The average Bonchev–Trinajstić information content (AvgIpc) is 2.68. The Labute approximate surface area is 146 Å². The van der Waals surface area contributed by atoms with Crippen LogP contribution >= 0.6 is 0 Å². The predicted octanol–water partition coefficient (Wildman–Crippen LogP) is 3.31. The van der Waals surface area contributed by atoms with Gasteiger partial charge in [0.05, 0.1) is 11.7 Å². The highest BCUT2D eigenvalue weighted by atomic mass is 16.5. The Bertz CT molecular complexity index is 874. The molecule has 0 atom stereocenters. The molecule has 0 aliphatic carbocycles. The van der Waals surface area contributed by atoms with Crippen LogP contribution < -0.4 is 4.74 Å². The van der Waals surface area contributed by atoms with Gasteiger partial charge in [0.2, 0.25) is 0 Å². The Balaban J connectivity index is 1.40. The predicted molar refractivity (Wildman–Crippen MR) is 95.5 cm³/mol. The number of piperidine rings is 1. The number of hydrogen-bond donors (Lipinski definition) is 0. The standard InChI is InChI=1S/C20H19N3O2/c24-20(19-8-7-15-4-1-2-6-18(15)22-19)23-12-9-16(10-13-23)25-17-5-3-11-21-14-17/h1-8,11,14,16H,9-10,12-13H2. The van der Waals surface area contributed by atoms with E-state index in [4.69, 9.17) is 4.74 Å². The van der Waals surface area contributed by atoms with Gasteiger partial charge >= 0.3 is 0 Å². The molecule has 0 bridgehead atoms. The second kappa shape index (κ2) is 6.89. The number of likely N-dealkylation sites (tertiary alicyclic amines) is 1. The number of carbonyl (C=O) groups excluding carboxylic acids is 1.